The van der Waals surface area contributed by atoms with Crippen molar-refractivity contribution in [2.75, 3.05) is 16.8 Å². The van der Waals surface area contributed by atoms with Crippen LogP contribution < -0.4 is 10.2 Å². The molecule has 1 amide bonds. The largest absolute Gasteiger partial charge is 0.433 e. The number of hydrogen-bond donors (Lipinski definition) is 1. The molecule has 0 saturated heterocycles. The van der Waals surface area contributed by atoms with Gasteiger partial charge in [-0.15, -0.1) is 0 Å². The predicted molar refractivity (Wildman–Crippen MR) is 104 cm³/mol. The SMILES string of the molecule is O=C(CC1CC(F)(F)C1)Nc1nc2c(cc1F)N(Cc1ccc(C(F)(F)F)nc1)CCC2. The number of alkyl halides is 5. The highest BCUT2D eigenvalue weighted by Crippen LogP contribution is 2.44. The molecule has 0 radical (unpaired) electrons. The van der Waals surface area contributed by atoms with Crippen LogP contribution in [0.5, 0.6) is 0 Å². The van der Waals surface area contributed by atoms with E-state index in [9.17, 15) is 31.1 Å². The molecule has 32 heavy (non-hydrogen) atoms. The van der Waals surface area contributed by atoms with Crippen molar-refractivity contribution in [1.29, 1.82) is 0 Å². The van der Waals surface area contributed by atoms with Crippen LogP contribution in [-0.4, -0.2) is 28.3 Å². The fourth-order valence-corrected chi connectivity index (χ4v) is 4.07. The summed E-state index contributed by atoms with van der Waals surface area (Å²) in [5, 5.41) is 2.37. The summed E-state index contributed by atoms with van der Waals surface area (Å²) in [6, 6.07) is 3.45. The van der Waals surface area contributed by atoms with Crippen LogP contribution in [0.2, 0.25) is 0 Å². The maximum atomic E-state index is 14.6. The number of carbonyl (C=O) groups excluding carboxylic acids is 1. The van der Waals surface area contributed by atoms with Gasteiger partial charge in [0.05, 0.1) is 11.4 Å². The molecule has 4 rings (SSSR count). The molecule has 172 valence electrons. The number of rotatable bonds is 5. The summed E-state index contributed by atoms with van der Waals surface area (Å²) in [5.74, 6) is -4.75. The van der Waals surface area contributed by atoms with Gasteiger partial charge in [0.25, 0.3) is 0 Å². The third-order valence-corrected chi connectivity index (χ3v) is 5.61. The Hall–Kier alpha value is -2.85. The summed E-state index contributed by atoms with van der Waals surface area (Å²) >= 11 is 0. The van der Waals surface area contributed by atoms with Gasteiger partial charge in [-0.1, -0.05) is 6.07 Å². The second kappa shape index (κ2) is 8.25. The van der Waals surface area contributed by atoms with Crippen LogP contribution in [0.15, 0.2) is 24.4 Å². The number of anilines is 2. The highest BCUT2D eigenvalue weighted by molar-refractivity contribution is 5.90. The van der Waals surface area contributed by atoms with E-state index in [1.165, 1.54) is 12.1 Å². The zero-order chi connectivity index (χ0) is 23.1. The topological polar surface area (TPSA) is 58.1 Å². The van der Waals surface area contributed by atoms with E-state index in [1.807, 2.05) is 0 Å². The van der Waals surface area contributed by atoms with Crippen LogP contribution >= 0.6 is 0 Å². The Morgan fingerprint density at radius 2 is 2.00 bits per heavy atom. The smallest absolute Gasteiger partial charge is 0.366 e. The summed E-state index contributed by atoms with van der Waals surface area (Å²) in [5.41, 5.74) is 0.577. The minimum absolute atomic E-state index is 0.124. The number of fused-ring (bicyclic) bond motifs is 1. The molecule has 1 saturated carbocycles. The summed E-state index contributed by atoms with van der Waals surface area (Å²) in [6.07, 6.45) is -2.99. The molecule has 0 spiro atoms. The quantitative estimate of drug-likeness (QED) is 0.644. The zero-order valence-electron chi connectivity index (χ0n) is 16.9. The van der Waals surface area contributed by atoms with Gasteiger partial charge >= 0.3 is 6.18 Å². The highest BCUT2D eigenvalue weighted by atomic mass is 19.4. The molecule has 0 bridgehead atoms. The Morgan fingerprint density at radius 3 is 2.62 bits per heavy atom. The van der Waals surface area contributed by atoms with Gasteiger partial charge < -0.3 is 10.2 Å². The lowest BCUT2D eigenvalue weighted by molar-refractivity contribution is -0.141. The molecule has 1 N–H and O–H groups in total. The van der Waals surface area contributed by atoms with Crippen LogP contribution in [0, 0.1) is 11.7 Å². The van der Waals surface area contributed by atoms with Gasteiger partial charge in [-0.25, -0.2) is 18.2 Å². The van der Waals surface area contributed by atoms with E-state index in [0.717, 1.165) is 12.3 Å². The number of aryl methyl sites for hydroxylation is 1. The van der Waals surface area contributed by atoms with Crippen molar-refractivity contribution >= 4 is 17.4 Å². The maximum Gasteiger partial charge on any atom is 0.433 e. The molecule has 3 heterocycles. The van der Waals surface area contributed by atoms with Gasteiger partial charge in [0.15, 0.2) is 11.6 Å². The second-order valence-corrected chi connectivity index (χ2v) is 8.24. The molecule has 0 atom stereocenters. The zero-order valence-corrected chi connectivity index (χ0v) is 16.9. The van der Waals surface area contributed by atoms with Crippen LogP contribution in [0.3, 0.4) is 0 Å². The second-order valence-electron chi connectivity index (χ2n) is 8.24. The van der Waals surface area contributed by atoms with E-state index < -0.39 is 35.4 Å². The summed E-state index contributed by atoms with van der Waals surface area (Å²) in [4.78, 5) is 21.5. The number of amides is 1. The number of nitrogens with one attached hydrogen (secondary N) is 1. The number of nitrogens with zero attached hydrogens (tertiary/aromatic N) is 3. The van der Waals surface area contributed by atoms with Gasteiger partial charge in [-0.3, -0.25) is 9.78 Å². The molecule has 2 aliphatic rings. The van der Waals surface area contributed by atoms with Crippen molar-refractivity contribution in [1.82, 2.24) is 9.97 Å². The minimum Gasteiger partial charge on any atom is -0.366 e. The van der Waals surface area contributed by atoms with Crippen molar-refractivity contribution in [2.45, 2.75) is 50.7 Å². The monoisotopic (exact) mass is 458 g/mol. The lowest BCUT2D eigenvalue weighted by Crippen LogP contribution is -2.37. The lowest BCUT2D eigenvalue weighted by Gasteiger charge is -2.34. The van der Waals surface area contributed by atoms with Gasteiger partial charge in [-0.2, -0.15) is 13.2 Å². The number of pyridine rings is 2. The normalized spacial score (nSPS) is 18.1. The minimum atomic E-state index is -4.52. The summed E-state index contributed by atoms with van der Waals surface area (Å²) < 4.78 is 78.5. The molecular weight excluding hydrogens is 438 g/mol. The molecule has 0 unspecified atom stereocenters. The Labute approximate surface area is 179 Å². The van der Waals surface area contributed by atoms with Crippen molar-refractivity contribution in [3.05, 3.63) is 47.2 Å². The standard InChI is InChI=1S/C21H20F6N4O/c22-14-7-16-15(29-19(14)30-18(32)6-13-8-20(23,24)9-13)2-1-5-31(16)11-12-3-4-17(28-10-12)21(25,26)27/h3-4,7,10,13H,1-2,5-6,8-9,11H2,(H,29,30,32). The summed E-state index contributed by atoms with van der Waals surface area (Å²) in [7, 11) is 0. The van der Waals surface area contributed by atoms with Crippen molar-refractivity contribution < 1.29 is 31.1 Å². The Morgan fingerprint density at radius 1 is 1.25 bits per heavy atom. The number of halogens is 6. The average Bonchev–Trinajstić information content (AvgIpc) is 2.67. The first-order valence-electron chi connectivity index (χ1n) is 10.1. The Balaban J connectivity index is 1.44. The van der Waals surface area contributed by atoms with Crippen molar-refractivity contribution in [3.8, 4) is 0 Å². The van der Waals surface area contributed by atoms with E-state index in [4.69, 9.17) is 0 Å². The van der Waals surface area contributed by atoms with E-state index in [2.05, 4.69) is 15.3 Å². The van der Waals surface area contributed by atoms with Crippen LogP contribution in [0.25, 0.3) is 0 Å². The fourth-order valence-electron chi connectivity index (χ4n) is 4.07. The molecule has 1 aliphatic carbocycles. The predicted octanol–water partition coefficient (Wildman–Crippen LogP) is 4.96. The van der Waals surface area contributed by atoms with E-state index in [1.54, 1.807) is 4.90 Å². The first-order valence-corrected chi connectivity index (χ1v) is 10.1. The van der Waals surface area contributed by atoms with Gasteiger partial charge in [0.2, 0.25) is 11.8 Å². The molecule has 11 heteroatoms. The van der Waals surface area contributed by atoms with Crippen LogP contribution in [0.1, 0.15) is 42.6 Å². The number of carbonyl (C=O) groups is 1. The Kier molecular flexibility index (Phi) is 5.76. The lowest BCUT2D eigenvalue weighted by atomic mass is 9.79. The summed E-state index contributed by atoms with van der Waals surface area (Å²) in [6.45, 7) is 0.775. The molecule has 1 aliphatic heterocycles. The Bertz CT molecular complexity index is 1000. The van der Waals surface area contributed by atoms with Gasteiger partial charge in [0, 0.05) is 44.6 Å². The third-order valence-electron chi connectivity index (χ3n) is 5.61. The van der Waals surface area contributed by atoms with Crippen LogP contribution in [0.4, 0.5) is 37.8 Å². The first-order chi connectivity index (χ1) is 15.0. The van der Waals surface area contributed by atoms with Crippen molar-refractivity contribution in [2.24, 2.45) is 5.92 Å². The molecular formula is C21H20F6N4O. The average molecular weight is 458 g/mol. The molecule has 1 fully saturated rings. The van der Waals surface area contributed by atoms with Crippen molar-refractivity contribution in [3.63, 3.8) is 0 Å². The van der Waals surface area contributed by atoms with Gasteiger partial charge in [-0.05, 0) is 30.4 Å². The number of aromatic nitrogens is 2. The highest BCUT2D eigenvalue weighted by Gasteiger charge is 2.45. The van der Waals surface area contributed by atoms with Gasteiger partial charge in [0.1, 0.15) is 5.69 Å². The van der Waals surface area contributed by atoms with Crippen LogP contribution in [-0.2, 0) is 23.9 Å². The molecule has 0 aromatic carbocycles. The van der Waals surface area contributed by atoms with E-state index in [0.29, 0.717) is 36.3 Å². The molecule has 2 aromatic rings. The number of hydrogen-bond acceptors (Lipinski definition) is 4. The molecule has 2 aromatic heterocycles. The van der Waals surface area contributed by atoms with E-state index >= 15 is 0 Å². The maximum absolute atomic E-state index is 14.6. The first kappa shape index (κ1) is 22.3. The van der Waals surface area contributed by atoms with E-state index in [-0.39, 0.29) is 31.6 Å². The molecule has 5 nitrogen and oxygen atoms in total. The third kappa shape index (κ3) is 4.97. The fraction of sp³-hybridized carbons (Fsp3) is 0.476.